The van der Waals surface area contributed by atoms with Gasteiger partial charge in [-0.05, 0) is 30.6 Å². The lowest BCUT2D eigenvalue weighted by molar-refractivity contribution is 0.213. The van der Waals surface area contributed by atoms with Gasteiger partial charge in [0, 0.05) is 17.0 Å². The molecule has 2 aliphatic rings. The number of hydrogen-bond acceptors (Lipinski definition) is 2. The number of rotatable bonds is 1. The molecule has 0 radical (unpaired) electrons. The van der Waals surface area contributed by atoms with Gasteiger partial charge in [-0.15, -0.1) is 0 Å². The molecule has 0 spiro atoms. The zero-order valence-electron chi connectivity index (χ0n) is 8.14. The summed E-state index contributed by atoms with van der Waals surface area (Å²) in [5.41, 5.74) is 3.06. The van der Waals surface area contributed by atoms with Gasteiger partial charge in [0.2, 0.25) is 0 Å². The predicted octanol–water partition coefficient (Wildman–Crippen LogP) is 2.50. The van der Waals surface area contributed by atoms with E-state index in [1.54, 1.807) is 0 Å². The molecule has 3 heteroatoms. The maximum Gasteiger partial charge on any atom is 0.109 e. The Kier molecular flexibility index (Phi) is 2.66. The van der Waals surface area contributed by atoms with E-state index in [2.05, 4.69) is 0 Å². The highest BCUT2D eigenvalue weighted by molar-refractivity contribution is 6.29. The van der Waals surface area contributed by atoms with Crippen LogP contribution in [0.5, 0.6) is 0 Å². The van der Waals surface area contributed by atoms with Crippen LogP contribution in [0.25, 0.3) is 0 Å². The minimum atomic E-state index is 0.0642. The normalized spacial score (nSPS) is 21.8. The molecule has 1 aliphatic heterocycles. The summed E-state index contributed by atoms with van der Waals surface area (Å²) in [6.45, 7) is 2.64. The van der Waals surface area contributed by atoms with Gasteiger partial charge in [-0.3, -0.25) is 0 Å². The molecule has 0 atom stereocenters. The first-order valence-electron chi connectivity index (χ1n) is 4.74. The predicted molar refractivity (Wildman–Crippen MR) is 55.9 cm³/mol. The Labute approximate surface area is 88.5 Å². The molecule has 0 unspecified atom stereocenters. The number of allylic oxidation sites excluding steroid dienone is 3. The Balaban J connectivity index is 2.43. The van der Waals surface area contributed by atoms with Crippen LogP contribution in [0.15, 0.2) is 33.6 Å². The van der Waals surface area contributed by atoms with Gasteiger partial charge < -0.3 is 9.84 Å². The Morgan fingerprint density at radius 2 is 2.29 bits per heavy atom. The van der Waals surface area contributed by atoms with Gasteiger partial charge in [0.1, 0.15) is 12.4 Å². The molecular formula is C11H13ClO2. The van der Waals surface area contributed by atoms with Crippen molar-refractivity contribution in [2.45, 2.75) is 19.8 Å². The van der Waals surface area contributed by atoms with E-state index in [9.17, 15) is 5.11 Å². The summed E-state index contributed by atoms with van der Waals surface area (Å²) in [6, 6.07) is 0. The lowest BCUT2D eigenvalue weighted by Gasteiger charge is -2.26. The zero-order chi connectivity index (χ0) is 10.1. The van der Waals surface area contributed by atoms with E-state index in [1.807, 2.05) is 13.0 Å². The fraction of sp³-hybridized carbons (Fsp3) is 0.455. The first-order valence-corrected chi connectivity index (χ1v) is 5.12. The summed E-state index contributed by atoms with van der Waals surface area (Å²) < 4.78 is 5.58. The van der Waals surface area contributed by atoms with Gasteiger partial charge in [0.25, 0.3) is 0 Å². The Hall–Kier alpha value is -0.730. The standard InChI is InChI=1S/C11H13ClO2/c1-7-6-14-11-3-2-8(12)4-9(11)10(7)5-13/h4,13H,2-3,5-6H2,1H3. The highest BCUT2D eigenvalue weighted by atomic mass is 35.5. The van der Waals surface area contributed by atoms with E-state index >= 15 is 0 Å². The van der Waals surface area contributed by atoms with Crippen molar-refractivity contribution in [2.75, 3.05) is 13.2 Å². The SMILES string of the molecule is CC1=C(CO)C2=C(CCC(Cl)=C2)OC1. The van der Waals surface area contributed by atoms with Crippen LogP contribution < -0.4 is 0 Å². The van der Waals surface area contributed by atoms with Crippen molar-refractivity contribution in [3.8, 4) is 0 Å². The number of aliphatic hydroxyl groups is 1. The second-order valence-electron chi connectivity index (χ2n) is 3.63. The Morgan fingerprint density at radius 1 is 1.50 bits per heavy atom. The van der Waals surface area contributed by atoms with E-state index in [0.29, 0.717) is 6.61 Å². The molecule has 0 fully saturated rings. The molecule has 1 aliphatic carbocycles. The summed E-state index contributed by atoms with van der Waals surface area (Å²) in [7, 11) is 0. The van der Waals surface area contributed by atoms with Crippen LogP contribution in [0.2, 0.25) is 0 Å². The summed E-state index contributed by atoms with van der Waals surface area (Å²) in [4.78, 5) is 0. The van der Waals surface area contributed by atoms with Crippen molar-refractivity contribution in [3.05, 3.63) is 33.6 Å². The molecule has 0 bridgehead atoms. The van der Waals surface area contributed by atoms with Gasteiger partial charge in [0.15, 0.2) is 0 Å². The number of hydrogen-bond donors (Lipinski definition) is 1. The molecule has 1 heterocycles. The van der Waals surface area contributed by atoms with Gasteiger partial charge in [-0.2, -0.15) is 0 Å². The lowest BCUT2D eigenvalue weighted by atomic mass is 9.93. The van der Waals surface area contributed by atoms with Crippen LogP contribution >= 0.6 is 11.6 Å². The summed E-state index contributed by atoms with van der Waals surface area (Å²) >= 11 is 5.97. The molecular weight excluding hydrogens is 200 g/mol. The summed E-state index contributed by atoms with van der Waals surface area (Å²) in [6.07, 6.45) is 3.61. The van der Waals surface area contributed by atoms with E-state index in [-0.39, 0.29) is 6.61 Å². The van der Waals surface area contributed by atoms with Crippen molar-refractivity contribution in [3.63, 3.8) is 0 Å². The second-order valence-corrected chi connectivity index (χ2v) is 4.12. The Morgan fingerprint density at radius 3 is 3.00 bits per heavy atom. The number of ether oxygens (including phenoxy) is 1. The molecule has 0 amide bonds. The van der Waals surface area contributed by atoms with E-state index < -0.39 is 0 Å². The van der Waals surface area contributed by atoms with Crippen LogP contribution in [0, 0.1) is 0 Å². The molecule has 0 aromatic carbocycles. The fourth-order valence-electron chi connectivity index (χ4n) is 1.81. The smallest absolute Gasteiger partial charge is 0.109 e. The van der Waals surface area contributed by atoms with Crippen LogP contribution in [-0.2, 0) is 4.74 Å². The number of aliphatic hydroxyl groups excluding tert-OH is 1. The molecule has 1 N–H and O–H groups in total. The second kappa shape index (κ2) is 3.79. The monoisotopic (exact) mass is 212 g/mol. The average Bonchev–Trinajstić information content (AvgIpc) is 2.17. The lowest BCUT2D eigenvalue weighted by Crippen LogP contribution is -2.14. The first-order chi connectivity index (χ1) is 6.72. The minimum absolute atomic E-state index is 0.0642. The molecule has 14 heavy (non-hydrogen) atoms. The molecule has 76 valence electrons. The quantitative estimate of drug-likeness (QED) is 0.724. The van der Waals surface area contributed by atoms with Crippen molar-refractivity contribution in [2.24, 2.45) is 0 Å². The topological polar surface area (TPSA) is 29.5 Å². The average molecular weight is 213 g/mol. The molecule has 2 nitrogen and oxygen atoms in total. The summed E-state index contributed by atoms with van der Waals surface area (Å²) in [5, 5.41) is 10.1. The molecule has 2 rings (SSSR count). The molecule has 0 aromatic rings. The third kappa shape index (κ3) is 1.60. The fourth-order valence-corrected chi connectivity index (χ4v) is 2.02. The highest BCUT2D eigenvalue weighted by Gasteiger charge is 2.22. The van der Waals surface area contributed by atoms with Gasteiger partial charge in [-0.1, -0.05) is 11.6 Å². The van der Waals surface area contributed by atoms with Crippen molar-refractivity contribution in [1.82, 2.24) is 0 Å². The first kappa shape index (κ1) is 9.81. The third-order valence-corrected chi connectivity index (χ3v) is 2.95. The third-order valence-electron chi connectivity index (χ3n) is 2.65. The maximum absolute atomic E-state index is 9.27. The van der Waals surface area contributed by atoms with Crippen molar-refractivity contribution >= 4 is 11.6 Å². The van der Waals surface area contributed by atoms with Crippen LogP contribution in [0.4, 0.5) is 0 Å². The molecule has 0 aromatic heterocycles. The van der Waals surface area contributed by atoms with E-state index in [0.717, 1.165) is 40.4 Å². The minimum Gasteiger partial charge on any atom is -0.493 e. The van der Waals surface area contributed by atoms with Crippen LogP contribution in [0.3, 0.4) is 0 Å². The van der Waals surface area contributed by atoms with Crippen molar-refractivity contribution in [1.29, 1.82) is 0 Å². The van der Waals surface area contributed by atoms with Crippen molar-refractivity contribution < 1.29 is 9.84 Å². The number of halogens is 1. The Bertz CT molecular complexity index is 346. The van der Waals surface area contributed by atoms with Gasteiger partial charge >= 0.3 is 0 Å². The maximum atomic E-state index is 9.27. The van der Waals surface area contributed by atoms with E-state index in [4.69, 9.17) is 16.3 Å². The van der Waals surface area contributed by atoms with Crippen LogP contribution in [0.1, 0.15) is 19.8 Å². The molecule has 0 saturated carbocycles. The van der Waals surface area contributed by atoms with Crippen LogP contribution in [-0.4, -0.2) is 18.3 Å². The summed E-state index contributed by atoms with van der Waals surface area (Å²) in [5.74, 6) is 0.976. The largest absolute Gasteiger partial charge is 0.493 e. The molecule has 0 saturated heterocycles. The zero-order valence-corrected chi connectivity index (χ0v) is 8.90. The van der Waals surface area contributed by atoms with Gasteiger partial charge in [-0.25, -0.2) is 0 Å². The van der Waals surface area contributed by atoms with Gasteiger partial charge in [0.05, 0.1) is 6.61 Å². The van der Waals surface area contributed by atoms with E-state index in [1.165, 1.54) is 0 Å². The highest BCUT2D eigenvalue weighted by Crippen LogP contribution is 2.35.